The van der Waals surface area contributed by atoms with Crippen LogP contribution in [-0.2, 0) is 16.8 Å². The Labute approximate surface area is 106 Å². The molecule has 0 fully saturated rings. The highest BCUT2D eigenvalue weighted by Gasteiger charge is 2.46. The highest BCUT2D eigenvalue weighted by Crippen LogP contribution is 2.37. The predicted molar refractivity (Wildman–Crippen MR) is 59.7 cm³/mol. The number of fused-ring (bicyclic) bond motifs is 1. The van der Waals surface area contributed by atoms with Crippen molar-refractivity contribution >= 4 is 5.91 Å². The van der Waals surface area contributed by atoms with Gasteiger partial charge in [-0.25, -0.2) is 4.39 Å². The van der Waals surface area contributed by atoms with Crippen LogP contribution in [0, 0.1) is 5.82 Å². The van der Waals surface area contributed by atoms with Gasteiger partial charge < -0.3 is 5.73 Å². The standard InChI is InChI=1S/C12H12F4N2O/c13-8-1-2-9-7(5-8)3-4-11(9,10(17)19)18-6-12(14,15)16/h1-2,5,18H,3-4,6H2,(H2,17,19). The molecule has 0 aromatic heterocycles. The van der Waals surface area contributed by atoms with E-state index in [4.69, 9.17) is 5.73 Å². The zero-order valence-electron chi connectivity index (χ0n) is 9.85. The number of benzene rings is 1. The first-order valence-electron chi connectivity index (χ1n) is 5.65. The fourth-order valence-electron chi connectivity index (χ4n) is 2.42. The van der Waals surface area contributed by atoms with Crippen molar-refractivity contribution in [3.8, 4) is 0 Å². The van der Waals surface area contributed by atoms with Crippen LogP contribution in [0.4, 0.5) is 17.6 Å². The first-order valence-corrected chi connectivity index (χ1v) is 5.65. The van der Waals surface area contributed by atoms with Gasteiger partial charge >= 0.3 is 6.18 Å². The van der Waals surface area contributed by atoms with Gasteiger partial charge in [-0.2, -0.15) is 13.2 Å². The molecule has 0 spiro atoms. The molecule has 1 amide bonds. The van der Waals surface area contributed by atoms with Crippen molar-refractivity contribution in [3.05, 3.63) is 35.1 Å². The smallest absolute Gasteiger partial charge is 0.368 e. The Morgan fingerprint density at radius 3 is 2.68 bits per heavy atom. The first-order chi connectivity index (χ1) is 8.74. The summed E-state index contributed by atoms with van der Waals surface area (Å²) in [4.78, 5) is 11.6. The molecule has 19 heavy (non-hydrogen) atoms. The lowest BCUT2D eigenvalue weighted by atomic mass is 9.91. The average Bonchev–Trinajstić information content (AvgIpc) is 2.64. The average molecular weight is 276 g/mol. The second-order valence-corrected chi connectivity index (χ2v) is 4.54. The lowest BCUT2D eigenvalue weighted by Gasteiger charge is -2.29. The number of rotatable bonds is 3. The molecule has 2 rings (SSSR count). The van der Waals surface area contributed by atoms with Crippen molar-refractivity contribution < 1.29 is 22.4 Å². The van der Waals surface area contributed by atoms with Gasteiger partial charge in [-0.1, -0.05) is 6.07 Å². The topological polar surface area (TPSA) is 55.1 Å². The summed E-state index contributed by atoms with van der Waals surface area (Å²) in [6, 6.07) is 3.64. The molecule has 1 atom stereocenters. The molecule has 1 aliphatic rings. The van der Waals surface area contributed by atoms with E-state index in [0.717, 1.165) is 6.07 Å². The maximum atomic E-state index is 13.1. The summed E-state index contributed by atoms with van der Waals surface area (Å²) in [5.74, 6) is -1.38. The third kappa shape index (κ3) is 2.56. The van der Waals surface area contributed by atoms with E-state index >= 15 is 0 Å². The monoisotopic (exact) mass is 276 g/mol. The van der Waals surface area contributed by atoms with Crippen LogP contribution in [-0.4, -0.2) is 18.6 Å². The van der Waals surface area contributed by atoms with Crippen LogP contribution in [0.25, 0.3) is 0 Å². The number of nitrogens with one attached hydrogen (secondary N) is 1. The molecule has 0 aliphatic heterocycles. The minimum absolute atomic E-state index is 0.0944. The number of halogens is 4. The van der Waals surface area contributed by atoms with Crippen molar-refractivity contribution in [1.29, 1.82) is 0 Å². The molecular weight excluding hydrogens is 264 g/mol. The Bertz CT molecular complexity index is 515. The highest BCUT2D eigenvalue weighted by atomic mass is 19.4. The van der Waals surface area contributed by atoms with E-state index in [1.54, 1.807) is 0 Å². The van der Waals surface area contributed by atoms with E-state index in [1.165, 1.54) is 12.1 Å². The van der Waals surface area contributed by atoms with Crippen LogP contribution in [0.3, 0.4) is 0 Å². The number of aryl methyl sites for hydroxylation is 1. The van der Waals surface area contributed by atoms with Crippen LogP contribution >= 0.6 is 0 Å². The number of nitrogens with two attached hydrogens (primary N) is 1. The quantitative estimate of drug-likeness (QED) is 0.824. The van der Waals surface area contributed by atoms with Gasteiger partial charge in [-0.05, 0) is 36.1 Å². The van der Waals surface area contributed by atoms with E-state index in [9.17, 15) is 22.4 Å². The number of carbonyl (C=O) groups is 1. The van der Waals surface area contributed by atoms with E-state index < -0.39 is 30.0 Å². The molecular formula is C12H12F4N2O. The third-order valence-electron chi connectivity index (χ3n) is 3.31. The third-order valence-corrected chi connectivity index (χ3v) is 3.31. The molecule has 0 bridgehead atoms. The Hall–Kier alpha value is -1.63. The van der Waals surface area contributed by atoms with Crippen LogP contribution < -0.4 is 11.1 Å². The summed E-state index contributed by atoms with van der Waals surface area (Å²) in [7, 11) is 0. The molecule has 104 valence electrons. The summed E-state index contributed by atoms with van der Waals surface area (Å²) in [5, 5.41) is 2.19. The molecule has 1 unspecified atom stereocenters. The van der Waals surface area contributed by atoms with Gasteiger partial charge in [0.15, 0.2) is 0 Å². The number of amides is 1. The van der Waals surface area contributed by atoms with Crippen LogP contribution in [0.15, 0.2) is 18.2 Å². The van der Waals surface area contributed by atoms with Gasteiger partial charge in [0.1, 0.15) is 11.4 Å². The minimum atomic E-state index is -4.45. The Balaban J connectivity index is 2.36. The summed E-state index contributed by atoms with van der Waals surface area (Å²) in [5.41, 5.74) is 4.51. The van der Waals surface area contributed by atoms with Gasteiger partial charge in [0, 0.05) is 0 Å². The normalized spacial score (nSPS) is 22.3. The van der Waals surface area contributed by atoms with Crippen molar-refractivity contribution in [2.24, 2.45) is 5.73 Å². The summed E-state index contributed by atoms with van der Waals surface area (Å²) >= 11 is 0. The molecule has 0 radical (unpaired) electrons. The van der Waals surface area contributed by atoms with E-state index in [1.807, 2.05) is 0 Å². The Kier molecular flexibility index (Phi) is 3.25. The molecule has 0 saturated heterocycles. The van der Waals surface area contributed by atoms with Crippen molar-refractivity contribution in [2.45, 2.75) is 24.6 Å². The summed E-state index contributed by atoms with van der Waals surface area (Å²) < 4.78 is 50.0. The number of alkyl halides is 3. The molecule has 0 heterocycles. The summed E-state index contributed by atoms with van der Waals surface area (Å²) in [6.45, 7) is -1.33. The zero-order valence-corrected chi connectivity index (χ0v) is 9.85. The predicted octanol–water partition coefficient (Wildman–Crippen LogP) is 1.60. The molecule has 0 saturated carbocycles. The number of hydrogen-bond acceptors (Lipinski definition) is 2. The number of hydrogen-bond donors (Lipinski definition) is 2. The zero-order chi connectivity index (χ0) is 14.3. The van der Waals surface area contributed by atoms with Gasteiger partial charge in [0.05, 0.1) is 6.54 Å². The van der Waals surface area contributed by atoms with Gasteiger partial charge in [-0.15, -0.1) is 0 Å². The van der Waals surface area contributed by atoms with E-state index in [-0.39, 0.29) is 6.42 Å². The highest BCUT2D eigenvalue weighted by molar-refractivity contribution is 5.87. The lowest BCUT2D eigenvalue weighted by Crippen LogP contribution is -2.53. The van der Waals surface area contributed by atoms with Crippen LogP contribution in [0.5, 0.6) is 0 Å². The molecule has 1 aromatic rings. The fraction of sp³-hybridized carbons (Fsp3) is 0.417. The second kappa shape index (κ2) is 4.48. The second-order valence-electron chi connectivity index (χ2n) is 4.54. The van der Waals surface area contributed by atoms with Crippen LogP contribution in [0.1, 0.15) is 17.5 Å². The largest absolute Gasteiger partial charge is 0.401 e. The van der Waals surface area contributed by atoms with Crippen molar-refractivity contribution in [2.75, 3.05) is 6.54 Å². The molecule has 3 nitrogen and oxygen atoms in total. The number of carbonyl (C=O) groups excluding carboxylic acids is 1. The lowest BCUT2D eigenvalue weighted by molar-refractivity contribution is -0.136. The van der Waals surface area contributed by atoms with Crippen LogP contribution in [0.2, 0.25) is 0 Å². The number of primary amides is 1. The molecule has 1 aliphatic carbocycles. The minimum Gasteiger partial charge on any atom is -0.368 e. The maximum Gasteiger partial charge on any atom is 0.401 e. The fourth-order valence-corrected chi connectivity index (χ4v) is 2.42. The van der Waals surface area contributed by atoms with E-state index in [0.29, 0.717) is 17.5 Å². The molecule has 7 heteroatoms. The first kappa shape index (κ1) is 13.8. The maximum absolute atomic E-state index is 13.1. The SMILES string of the molecule is NC(=O)C1(NCC(F)(F)F)CCc2cc(F)ccc21. The summed E-state index contributed by atoms with van der Waals surface area (Å²) in [6.07, 6.45) is -4.05. The van der Waals surface area contributed by atoms with Gasteiger partial charge in [-0.3, -0.25) is 10.1 Å². The molecule has 1 aromatic carbocycles. The van der Waals surface area contributed by atoms with E-state index in [2.05, 4.69) is 5.32 Å². The Morgan fingerprint density at radius 2 is 2.11 bits per heavy atom. The van der Waals surface area contributed by atoms with Crippen molar-refractivity contribution in [1.82, 2.24) is 5.32 Å². The Morgan fingerprint density at radius 1 is 1.42 bits per heavy atom. The van der Waals surface area contributed by atoms with Gasteiger partial charge in [0.25, 0.3) is 0 Å². The molecule has 3 N–H and O–H groups in total. The van der Waals surface area contributed by atoms with Crippen molar-refractivity contribution in [3.63, 3.8) is 0 Å². The van der Waals surface area contributed by atoms with Gasteiger partial charge in [0.2, 0.25) is 5.91 Å².